The summed E-state index contributed by atoms with van der Waals surface area (Å²) < 4.78 is 5.07. The molecular weight excluding hydrogens is 234 g/mol. The zero-order valence-electron chi connectivity index (χ0n) is 11.3. The summed E-state index contributed by atoms with van der Waals surface area (Å²) >= 11 is 0. The van der Waals surface area contributed by atoms with Crippen LogP contribution in [0.25, 0.3) is 0 Å². The summed E-state index contributed by atoms with van der Waals surface area (Å²) in [5.74, 6) is -0.662. The van der Waals surface area contributed by atoms with Crippen molar-refractivity contribution in [3.05, 3.63) is 0 Å². The minimum Gasteiger partial charge on any atom is -0.481 e. The molecule has 1 N–H and O–H groups in total. The van der Waals surface area contributed by atoms with Crippen LogP contribution < -0.4 is 0 Å². The fourth-order valence-corrected chi connectivity index (χ4v) is 2.45. The lowest BCUT2D eigenvalue weighted by molar-refractivity contribution is -0.148. The Morgan fingerprint density at radius 2 is 2.06 bits per heavy atom. The highest BCUT2D eigenvalue weighted by Crippen LogP contribution is 2.45. The van der Waals surface area contributed by atoms with Crippen molar-refractivity contribution in [3.63, 3.8) is 0 Å². The molecule has 0 aromatic heterocycles. The van der Waals surface area contributed by atoms with E-state index in [1.165, 1.54) is 0 Å². The van der Waals surface area contributed by atoms with Crippen LogP contribution in [-0.4, -0.2) is 49.2 Å². The largest absolute Gasteiger partial charge is 0.481 e. The summed E-state index contributed by atoms with van der Waals surface area (Å²) in [6, 6.07) is 0. The van der Waals surface area contributed by atoms with Crippen LogP contribution in [0.4, 0.5) is 0 Å². The van der Waals surface area contributed by atoms with Gasteiger partial charge in [-0.15, -0.1) is 0 Å². The summed E-state index contributed by atoms with van der Waals surface area (Å²) in [6.07, 6.45) is 4.35. The van der Waals surface area contributed by atoms with Gasteiger partial charge in [0.25, 0.3) is 0 Å². The molecule has 0 saturated heterocycles. The third-order valence-electron chi connectivity index (χ3n) is 3.78. The molecule has 1 aliphatic rings. The molecule has 0 spiro atoms. The van der Waals surface area contributed by atoms with Gasteiger partial charge >= 0.3 is 5.97 Å². The molecular formula is C13H23NO4. The van der Waals surface area contributed by atoms with Crippen molar-refractivity contribution in [1.29, 1.82) is 0 Å². The topological polar surface area (TPSA) is 66.8 Å². The molecule has 104 valence electrons. The molecule has 1 amide bonds. The van der Waals surface area contributed by atoms with Crippen molar-refractivity contribution in [2.24, 2.45) is 5.41 Å². The Morgan fingerprint density at radius 3 is 2.50 bits per heavy atom. The van der Waals surface area contributed by atoms with E-state index in [1.807, 2.05) is 0 Å². The van der Waals surface area contributed by atoms with Crippen LogP contribution >= 0.6 is 0 Å². The first-order valence-electron chi connectivity index (χ1n) is 6.48. The summed E-state index contributed by atoms with van der Waals surface area (Å²) in [6.45, 7) is 1.12. The second kappa shape index (κ2) is 6.73. The maximum Gasteiger partial charge on any atom is 0.303 e. The van der Waals surface area contributed by atoms with E-state index >= 15 is 0 Å². The zero-order chi connectivity index (χ0) is 13.6. The molecule has 18 heavy (non-hydrogen) atoms. The first-order valence-corrected chi connectivity index (χ1v) is 6.48. The fraction of sp³-hybridized carbons (Fsp3) is 0.846. The smallest absolute Gasteiger partial charge is 0.303 e. The molecule has 0 unspecified atom stereocenters. The van der Waals surface area contributed by atoms with Crippen molar-refractivity contribution in [1.82, 2.24) is 4.90 Å². The van der Waals surface area contributed by atoms with Gasteiger partial charge < -0.3 is 14.7 Å². The predicted molar refractivity (Wildman–Crippen MR) is 67.3 cm³/mol. The lowest BCUT2D eigenvalue weighted by Crippen LogP contribution is -2.47. The Bertz CT molecular complexity index is 299. The van der Waals surface area contributed by atoms with Gasteiger partial charge in [-0.25, -0.2) is 0 Å². The highest BCUT2D eigenvalue weighted by atomic mass is 16.5. The molecule has 1 saturated carbocycles. The molecule has 0 bridgehead atoms. The summed E-state index contributed by atoms with van der Waals surface area (Å²) in [4.78, 5) is 24.5. The molecule has 1 aliphatic carbocycles. The maximum absolute atomic E-state index is 12.4. The third-order valence-corrected chi connectivity index (χ3v) is 3.78. The third kappa shape index (κ3) is 3.70. The van der Waals surface area contributed by atoms with Crippen LogP contribution in [-0.2, 0) is 14.3 Å². The molecule has 0 atom stereocenters. The van der Waals surface area contributed by atoms with Crippen molar-refractivity contribution in [3.8, 4) is 0 Å². The van der Waals surface area contributed by atoms with Crippen molar-refractivity contribution < 1.29 is 19.4 Å². The number of hydrogen-bond acceptors (Lipinski definition) is 3. The average Bonchev–Trinajstić information content (AvgIpc) is 2.26. The van der Waals surface area contributed by atoms with E-state index in [0.29, 0.717) is 19.6 Å². The number of carbonyl (C=O) groups excluding carboxylic acids is 1. The van der Waals surface area contributed by atoms with Gasteiger partial charge in [-0.3, -0.25) is 9.59 Å². The Balaban J connectivity index is 2.42. The number of nitrogens with zero attached hydrogens (tertiary/aromatic N) is 1. The van der Waals surface area contributed by atoms with E-state index in [4.69, 9.17) is 9.84 Å². The fourth-order valence-electron chi connectivity index (χ4n) is 2.45. The first kappa shape index (κ1) is 15.0. The summed E-state index contributed by atoms with van der Waals surface area (Å²) in [5, 5.41) is 8.58. The van der Waals surface area contributed by atoms with E-state index in [2.05, 4.69) is 0 Å². The van der Waals surface area contributed by atoms with Gasteiger partial charge in [0.1, 0.15) is 0 Å². The van der Waals surface area contributed by atoms with Crippen LogP contribution in [0.1, 0.15) is 38.5 Å². The lowest BCUT2D eigenvalue weighted by atomic mass is 9.66. The summed E-state index contributed by atoms with van der Waals surface area (Å²) in [5.41, 5.74) is -0.242. The minimum absolute atomic E-state index is 0.114. The second-order valence-corrected chi connectivity index (χ2v) is 5.10. The van der Waals surface area contributed by atoms with Gasteiger partial charge in [-0.2, -0.15) is 0 Å². The molecule has 5 nitrogen and oxygen atoms in total. The molecule has 0 heterocycles. The van der Waals surface area contributed by atoms with Crippen molar-refractivity contribution in [2.45, 2.75) is 38.5 Å². The van der Waals surface area contributed by atoms with Crippen molar-refractivity contribution in [2.75, 3.05) is 27.3 Å². The quantitative estimate of drug-likeness (QED) is 0.716. The number of rotatable bonds is 8. The molecule has 0 aromatic carbocycles. The number of carbonyl (C=O) groups is 2. The van der Waals surface area contributed by atoms with Gasteiger partial charge in [0.2, 0.25) is 5.91 Å². The molecule has 5 heteroatoms. The second-order valence-electron chi connectivity index (χ2n) is 5.10. The highest BCUT2D eigenvalue weighted by Gasteiger charge is 2.44. The number of amides is 1. The van der Waals surface area contributed by atoms with E-state index in [1.54, 1.807) is 19.1 Å². The highest BCUT2D eigenvalue weighted by molar-refractivity contribution is 5.83. The number of hydrogen-bond donors (Lipinski definition) is 1. The predicted octanol–water partition coefficient (Wildman–Crippen LogP) is 1.52. The average molecular weight is 257 g/mol. The monoisotopic (exact) mass is 257 g/mol. The first-order chi connectivity index (χ1) is 8.52. The van der Waals surface area contributed by atoms with E-state index in [9.17, 15) is 9.59 Å². The Kier molecular flexibility index (Phi) is 5.59. The van der Waals surface area contributed by atoms with Gasteiger partial charge in [-0.1, -0.05) is 6.42 Å². The number of carboxylic acids is 1. The van der Waals surface area contributed by atoms with Gasteiger partial charge in [0.05, 0.1) is 5.41 Å². The standard InChI is InChI=1S/C13H23NO4/c1-14(9-3-5-11(15)16)12(17)13(6-4-7-13)8-10-18-2/h3-10H2,1-2H3,(H,15,16). The Morgan fingerprint density at radius 1 is 1.39 bits per heavy atom. The maximum atomic E-state index is 12.4. The number of aliphatic carboxylic acids is 1. The Hall–Kier alpha value is -1.10. The number of methoxy groups -OCH3 is 1. The van der Waals surface area contributed by atoms with Gasteiger partial charge in [0.15, 0.2) is 0 Å². The van der Waals surface area contributed by atoms with E-state index < -0.39 is 5.97 Å². The molecule has 1 fully saturated rings. The van der Waals surface area contributed by atoms with Crippen LogP contribution in [0.15, 0.2) is 0 Å². The van der Waals surface area contributed by atoms with Crippen LogP contribution in [0, 0.1) is 5.41 Å². The van der Waals surface area contributed by atoms with Crippen LogP contribution in [0.2, 0.25) is 0 Å². The van der Waals surface area contributed by atoms with Crippen LogP contribution in [0.3, 0.4) is 0 Å². The van der Waals surface area contributed by atoms with Gasteiger partial charge in [0, 0.05) is 33.7 Å². The Labute approximate surface area is 108 Å². The number of ether oxygens (including phenoxy) is 1. The van der Waals surface area contributed by atoms with Crippen molar-refractivity contribution >= 4 is 11.9 Å². The van der Waals surface area contributed by atoms with E-state index in [-0.39, 0.29) is 17.7 Å². The molecule has 0 radical (unpaired) electrons. The molecule has 0 aromatic rings. The van der Waals surface area contributed by atoms with E-state index in [0.717, 1.165) is 25.7 Å². The van der Waals surface area contributed by atoms with Crippen LogP contribution in [0.5, 0.6) is 0 Å². The molecule has 1 rings (SSSR count). The minimum atomic E-state index is -0.811. The molecule has 0 aliphatic heterocycles. The lowest BCUT2D eigenvalue weighted by Gasteiger charge is -2.42. The number of carboxylic acid groups (broad SMARTS) is 1. The SMILES string of the molecule is COCCC1(C(=O)N(C)CCCC(=O)O)CCC1. The van der Waals surface area contributed by atoms with Gasteiger partial charge in [-0.05, 0) is 25.7 Å². The zero-order valence-corrected chi connectivity index (χ0v) is 11.3. The normalized spacial score (nSPS) is 17.0. The summed E-state index contributed by atoms with van der Waals surface area (Å²) in [7, 11) is 3.41.